The summed E-state index contributed by atoms with van der Waals surface area (Å²) in [6.07, 6.45) is -0.615. The van der Waals surface area contributed by atoms with Gasteiger partial charge in [0.05, 0.1) is 35.3 Å². The first-order chi connectivity index (χ1) is 10.3. The standard InChI is InChI=1S/C15H22Cl2N2O3/c1-10(11-4-5-13(16)14(17)6-11)18-15(21)8-19(2)7-12(20)9-22-3/h4-6,10,12,20H,7-9H2,1-3H3,(H,18,21). The molecule has 0 radical (unpaired) electrons. The van der Waals surface area contributed by atoms with Crippen molar-refractivity contribution in [3.8, 4) is 0 Å². The SMILES string of the molecule is COCC(O)CN(C)CC(=O)NC(C)c1ccc(Cl)c(Cl)c1. The minimum atomic E-state index is -0.615. The Hall–Kier alpha value is -0.850. The molecule has 124 valence electrons. The van der Waals surface area contributed by atoms with Crippen LogP contribution in [0, 0.1) is 0 Å². The Morgan fingerprint density at radius 3 is 2.68 bits per heavy atom. The third kappa shape index (κ3) is 6.50. The summed E-state index contributed by atoms with van der Waals surface area (Å²) in [4.78, 5) is 13.7. The molecule has 0 bridgehead atoms. The molecule has 5 nitrogen and oxygen atoms in total. The van der Waals surface area contributed by atoms with Crippen LogP contribution in [0.3, 0.4) is 0 Å². The second kappa shape index (κ2) is 9.33. The molecule has 1 aromatic carbocycles. The zero-order valence-corrected chi connectivity index (χ0v) is 14.5. The Morgan fingerprint density at radius 1 is 1.41 bits per heavy atom. The van der Waals surface area contributed by atoms with Gasteiger partial charge in [0.25, 0.3) is 0 Å². The normalized spacial score (nSPS) is 14.0. The van der Waals surface area contributed by atoms with E-state index in [0.29, 0.717) is 16.6 Å². The van der Waals surface area contributed by atoms with E-state index in [0.717, 1.165) is 5.56 Å². The second-order valence-electron chi connectivity index (χ2n) is 5.27. The van der Waals surface area contributed by atoms with Gasteiger partial charge >= 0.3 is 0 Å². The highest BCUT2D eigenvalue weighted by atomic mass is 35.5. The molecule has 7 heteroatoms. The fourth-order valence-corrected chi connectivity index (χ4v) is 2.37. The molecule has 22 heavy (non-hydrogen) atoms. The van der Waals surface area contributed by atoms with Crippen molar-refractivity contribution >= 4 is 29.1 Å². The number of ether oxygens (including phenoxy) is 1. The summed E-state index contributed by atoms with van der Waals surface area (Å²) in [5.74, 6) is -0.134. The minimum absolute atomic E-state index is 0.134. The first-order valence-electron chi connectivity index (χ1n) is 6.93. The summed E-state index contributed by atoms with van der Waals surface area (Å²) >= 11 is 11.8. The third-order valence-corrected chi connectivity index (χ3v) is 3.86. The number of rotatable bonds is 8. The Kier molecular flexibility index (Phi) is 8.14. The maximum absolute atomic E-state index is 12.0. The number of aliphatic hydroxyl groups is 1. The van der Waals surface area contributed by atoms with Crippen molar-refractivity contribution in [1.29, 1.82) is 0 Å². The molecule has 0 aliphatic heterocycles. The van der Waals surface area contributed by atoms with Crippen molar-refractivity contribution in [3.05, 3.63) is 33.8 Å². The van der Waals surface area contributed by atoms with Gasteiger partial charge in [-0.25, -0.2) is 0 Å². The van der Waals surface area contributed by atoms with E-state index in [1.807, 2.05) is 13.0 Å². The first-order valence-corrected chi connectivity index (χ1v) is 7.69. The number of amides is 1. The molecule has 0 aliphatic carbocycles. The summed E-state index contributed by atoms with van der Waals surface area (Å²) in [7, 11) is 3.29. The van der Waals surface area contributed by atoms with E-state index in [9.17, 15) is 9.90 Å². The highest BCUT2D eigenvalue weighted by molar-refractivity contribution is 6.42. The number of nitrogens with zero attached hydrogens (tertiary/aromatic N) is 1. The van der Waals surface area contributed by atoms with E-state index < -0.39 is 6.10 Å². The molecule has 0 saturated heterocycles. The fraction of sp³-hybridized carbons (Fsp3) is 0.533. The van der Waals surface area contributed by atoms with Gasteiger partial charge in [0.15, 0.2) is 0 Å². The van der Waals surface area contributed by atoms with Crippen molar-refractivity contribution < 1.29 is 14.6 Å². The van der Waals surface area contributed by atoms with Crippen LogP contribution in [-0.2, 0) is 9.53 Å². The van der Waals surface area contributed by atoms with Gasteiger partial charge in [0.1, 0.15) is 0 Å². The van der Waals surface area contributed by atoms with Crippen LogP contribution in [0.1, 0.15) is 18.5 Å². The second-order valence-corrected chi connectivity index (χ2v) is 6.08. The van der Waals surface area contributed by atoms with E-state index in [2.05, 4.69) is 5.32 Å². The highest BCUT2D eigenvalue weighted by Crippen LogP contribution is 2.25. The Bertz CT molecular complexity index is 500. The number of benzene rings is 1. The molecule has 0 aromatic heterocycles. The number of carbonyl (C=O) groups is 1. The first kappa shape index (κ1) is 19.2. The van der Waals surface area contributed by atoms with Crippen molar-refractivity contribution in [1.82, 2.24) is 10.2 Å². The smallest absolute Gasteiger partial charge is 0.234 e. The monoisotopic (exact) mass is 348 g/mol. The number of carbonyl (C=O) groups excluding carboxylic acids is 1. The van der Waals surface area contributed by atoms with Gasteiger partial charge in [-0.2, -0.15) is 0 Å². The number of halogens is 2. The number of nitrogens with one attached hydrogen (secondary N) is 1. The molecule has 1 rings (SSSR count). The van der Waals surface area contributed by atoms with E-state index in [4.69, 9.17) is 27.9 Å². The largest absolute Gasteiger partial charge is 0.389 e. The quantitative estimate of drug-likeness (QED) is 0.755. The maximum atomic E-state index is 12.0. The highest BCUT2D eigenvalue weighted by Gasteiger charge is 2.14. The molecular weight excluding hydrogens is 327 g/mol. The molecule has 0 spiro atoms. The molecule has 1 aromatic rings. The van der Waals surface area contributed by atoms with Gasteiger partial charge in [-0.05, 0) is 31.7 Å². The molecule has 0 fully saturated rings. The topological polar surface area (TPSA) is 61.8 Å². The Labute approximate surface area is 141 Å². The number of likely N-dealkylation sites (N-methyl/N-ethyl adjacent to an activating group) is 1. The summed E-state index contributed by atoms with van der Waals surface area (Å²) < 4.78 is 4.85. The predicted octanol–water partition coefficient (Wildman–Crippen LogP) is 2.11. The van der Waals surface area contributed by atoms with E-state index in [1.54, 1.807) is 24.1 Å². The molecule has 1 amide bonds. The number of hydrogen-bond donors (Lipinski definition) is 2. The van der Waals surface area contributed by atoms with E-state index >= 15 is 0 Å². The van der Waals surface area contributed by atoms with E-state index in [1.165, 1.54) is 7.11 Å². The van der Waals surface area contributed by atoms with Gasteiger partial charge in [-0.15, -0.1) is 0 Å². The third-order valence-electron chi connectivity index (χ3n) is 3.12. The van der Waals surface area contributed by atoms with Crippen LogP contribution in [0.15, 0.2) is 18.2 Å². The van der Waals surface area contributed by atoms with Crippen LogP contribution in [0.2, 0.25) is 10.0 Å². The summed E-state index contributed by atoms with van der Waals surface area (Å²) in [5, 5.41) is 13.4. The molecular formula is C15H22Cl2N2O3. The van der Waals surface area contributed by atoms with Crippen molar-refractivity contribution in [3.63, 3.8) is 0 Å². The summed E-state index contributed by atoms with van der Waals surface area (Å²) in [6.45, 7) is 2.66. The predicted molar refractivity (Wildman–Crippen MR) is 88.4 cm³/mol. The lowest BCUT2D eigenvalue weighted by atomic mass is 10.1. The molecule has 2 atom stereocenters. The number of aliphatic hydroxyl groups excluding tert-OH is 1. The lowest BCUT2D eigenvalue weighted by Crippen LogP contribution is -2.40. The fourth-order valence-electron chi connectivity index (χ4n) is 2.07. The average Bonchev–Trinajstić information content (AvgIpc) is 2.41. The summed E-state index contributed by atoms with van der Waals surface area (Å²) in [5.41, 5.74) is 0.879. The van der Waals surface area contributed by atoms with Crippen LogP contribution < -0.4 is 5.32 Å². The van der Waals surface area contributed by atoms with Gasteiger partial charge in [0, 0.05) is 13.7 Å². The van der Waals surface area contributed by atoms with Crippen LogP contribution >= 0.6 is 23.2 Å². The lowest BCUT2D eigenvalue weighted by Gasteiger charge is -2.21. The van der Waals surface area contributed by atoms with Crippen LogP contribution in [0.5, 0.6) is 0 Å². The number of methoxy groups -OCH3 is 1. The van der Waals surface area contributed by atoms with Crippen LogP contribution in [0.4, 0.5) is 0 Å². The maximum Gasteiger partial charge on any atom is 0.234 e. The lowest BCUT2D eigenvalue weighted by molar-refractivity contribution is -0.122. The molecule has 2 unspecified atom stereocenters. The Balaban J connectivity index is 2.48. The molecule has 0 aliphatic rings. The van der Waals surface area contributed by atoms with Crippen LogP contribution in [-0.4, -0.2) is 55.9 Å². The Morgan fingerprint density at radius 2 is 2.09 bits per heavy atom. The number of hydrogen-bond acceptors (Lipinski definition) is 4. The van der Waals surface area contributed by atoms with Crippen LogP contribution in [0.25, 0.3) is 0 Å². The van der Waals surface area contributed by atoms with Gasteiger partial charge in [-0.1, -0.05) is 29.3 Å². The van der Waals surface area contributed by atoms with Crippen molar-refractivity contribution in [2.45, 2.75) is 19.1 Å². The van der Waals surface area contributed by atoms with Gasteiger partial charge < -0.3 is 15.2 Å². The summed E-state index contributed by atoms with van der Waals surface area (Å²) in [6, 6.07) is 5.08. The van der Waals surface area contributed by atoms with Crippen molar-refractivity contribution in [2.75, 3.05) is 33.9 Å². The molecule has 0 saturated carbocycles. The molecule has 0 heterocycles. The zero-order valence-electron chi connectivity index (χ0n) is 13.0. The van der Waals surface area contributed by atoms with Gasteiger partial charge in [-0.3, -0.25) is 9.69 Å². The van der Waals surface area contributed by atoms with Crippen molar-refractivity contribution in [2.24, 2.45) is 0 Å². The zero-order chi connectivity index (χ0) is 16.7. The van der Waals surface area contributed by atoms with Gasteiger partial charge in [0.2, 0.25) is 5.91 Å². The minimum Gasteiger partial charge on any atom is -0.389 e. The average molecular weight is 349 g/mol. The van der Waals surface area contributed by atoms with E-state index in [-0.39, 0.29) is 25.1 Å². The molecule has 2 N–H and O–H groups in total.